The van der Waals surface area contributed by atoms with E-state index in [1.165, 1.54) is 31.2 Å². The molecule has 0 saturated carbocycles. The molecule has 0 fully saturated rings. The van der Waals surface area contributed by atoms with Crippen LogP contribution in [0.2, 0.25) is 10.0 Å². The summed E-state index contributed by atoms with van der Waals surface area (Å²) >= 11 is 12.0. The molecule has 8 heteroatoms. The minimum atomic E-state index is -0.889. The molecule has 6 nitrogen and oxygen atoms in total. The van der Waals surface area contributed by atoms with Gasteiger partial charge in [-0.15, -0.1) is 0 Å². The fourth-order valence-electron chi connectivity index (χ4n) is 2.59. The van der Waals surface area contributed by atoms with Crippen LogP contribution < -0.4 is 10.2 Å². The third-order valence-electron chi connectivity index (χ3n) is 3.73. The largest absolute Gasteiger partial charge is 0.502 e. The molecule has 0 aliphatic carbocycles. The highest BCUT2D eigenvalue weighted by Crippen LogP contribution is 2.38. The third kappa shape index (κ3) is 3.05. The first-order chi connectivity index (χ1) is 12.3. The fraction of sp³-hybridized carbons (Fsp3) is 0.0556. The number of rotatable bonds is 3. The lowest BCUT2D eigenvalue weighted by Gasteiger charge is -2.16. The van der Waals surface area contributed by atoms with Crippen molar-refractivity contribution in [2.45, 2.75) is 6.92 Å². The maximum Gasteiger partial charge on any atom is 0.301 e. The van der Waals surface area contributed by atoms with Gasteiger partial charge in [0.2, 0.25) is 5.91 Å². The number of nitrogens with zero attached hydrogens (tertiary/aromatic N) is 1. The van der Waals surface area contributed by atoms with E-state index in [2.05, 4.69) is 5.32 Å². The SMILES string of the molecule is CC(=O)Nc1ccc(C2=C(O)C(=O)N(c3cccc(Cl)c3Cl)C2=O)cc1. The predicted molar refractivity (Wildman–Crippen MR) is 99.2 cm³/mol. The van der Waals surface area contributed by atoms with Crippen LogP contribution in [0.3, 0.4) is 0 Å². The monoisotopic (exact) mass is 390 g/mol. The Morgan fingerprint density at radius 2 is 1.69 bits per heavy atom. The minimum Gasteiger partial charge on any atom is -0.502 e. The van der Waals surface area contributed by atoms with Crippen LogP contribution in [0.15, 0.2) is 48.2 Å². The van der Waals surface area contributed by atoms with E-state index in [1.54, 1.807) is 18.2 Å². The highest BCUT2D eigenvalue weighted by molar-refractivity contribution is 6.49. The van der Waals surface area contributed by atoms with Crippen LogP contribution >= 0.6 is 23.2 Å². The Labute approximate surface area is 158 Å². The van der Waals surface area contributed by atoms with E-state index in [9.17, 15) is 19.5 Å². The van der Waals surface area contributed by atoms with E-state index in [1.807, 2.05) is 0 Å². The molecule has 0 unspecified atom stereocenters. The molecule has 2 aromatic carbocycles. The van der Waals surface area contributed by atoms with Crippen LogP contribution in [-0.2, 0) is 14.4 Å². The van der Waals surface area contributed by atoms with Crippen molar-refractivity contribution < 1.29 is 19.5 Å². The van der Waals surface area contributed by atoms with Crippen molar-refractivity contribution >= 4 is 57.9 Å². The zero-order chi connectivity index (χ0) is 19.0. The van der Waals surface area contributed by atoms with Gasteiger partial charge in [0.25, 0.3) is 5.91 Å². The Morgan fingerprint density at radius 3 is 2.31 bits per heavy atom. The van der Waals surface area contributed by atoms with Crippen LogP contribution in [0, 0.1) is 0 Å². The van der Waals surface area contributed by atoms with Crippen molar-refractivity contribution in [2.75, 3.05) is 10.2 Å². The molecular formula is C18H12Cl2N2O4. The zero-order valence-corrected chi connectivity index (χ0v) is 14.9. The molecule has 0 saturated heterocycles. The number of carbonyl (C=O) groups excluding carboxylic acids is 3. The summed E-state index contributed by atoms with van der Waals surface area (Å²) in [6, 6.07) is 10.7. The molecule has 2 N–H and O–H groups in total. The van der Waals surface area contributed by atoms with Gasteiger partial charge in [-0.3, -0.25) is 14.4 Å². The second-order valence-electron chi connectivity index (χ2n) is 5.50. The maximum absolute atomic E-state index is 12.8. The van der Waals surface area contributed by atoms with Gasteiger partial charge in [0.1, 0.15) is 0 Å². The van der Waals surface area contributed by atoms with E-state index in [0.29, 0.717) is 11.3 Å². The van der Waals surface area contributed by atoms with E-state index in [0.717, 1.165) is 4.90 Å². The Hall–Kier alpha value is -2.83. The van der Waals surface area contributed by atoms with Gasteiger partial charge >= 0.3 is 5.91 Å². The van der Waals surface area contributed by atoms with Crippen molar-refractivity contribution in [3.05, 3.63) is 63.8 Å². The van der Waals surface area contributed by atoms with Crippen molar-refractivity contribution in [3.63, 3.8) is 0 Å². The van der Waals surface area contributed by atoms with E-state index in [4.69, 9.17) is 23.2 Å². The van der Waals surface area contributed by atoms with Crippen molar-refractivity contribution in [1.29, 1.82) is 0 Å². The van der Waals surface area contributed by atoms with Crippen LogP contribution in [-0.4, -0.2) is 22.8 Å². The summed E-state index contributed by atoms with van der Waals surface area (Å²) in [6.45, 7) is 1.37. The average Bonchev–Trinajstić information content (AvgIpc) is 2.81. The van der Waals surface area contributed by atoms with Gasteiger partial charge in [-0.05, 0) is 29.8 Å². The number of anilines is 2. The van der Waals surface area contributed by atoms with Gasteiger partial charge in [0.15, 0.2) is 5.76 Å². The number of amides is 3. The number of nitrogens with one attached hydrogen (secondary N) is 1. The first-order valence-electron chi connectivity index (χ1n) is 7.45. The van der Waals surface area contributed by atoms with Crippen LogP contribution in [0.1, 0.15) is 12.5 Å². The molecule has 0 bridgehead atoms. The molecule has 3 amide bonds. The highest BCUT2D eigenvalue weighted by Gasteiger charge is 2.41. The molecule has 132 valence electrons. The smallest absolute Gasteiger partial charge is 0.301 e. The lowest BCUT2D eigenvalue weighted by molar-refractivity contribution is -0.121. The topological polar surface area (TPSA) is 86.7 Å². The molecule has 1 aliphatic rings. The zero-order valence-electron chi connectivity index (χ0n) is 13.4. The normalized spacial score (nSPS) is 14.2. The molecule has 0 aromatic heterocycles. The first kappa shape index (κ1) is 18.0. The molecule has 1 aliphatic heterocycles. The summed E-state index contributed by atoms with van der Waals surface area (Å²) in [5.74, 6) is -2.53. The van der Waals surface area contributed by atoms with Crippen molar-refractivity contribution in [2.24, 2.45) is 0 Å². The maximum atomic E-state index is 12.8. The number of aliphatic hydroxyl groups excluding tert-OH is 1. The third-order valence-corrected chi connectivity index (χ3v) is 4.53. The van der Waals surface area contributed by atoms with Gasteiger partial charge in [-0.25, -0.2) is 4.90 Å². The second-order valence-corrected chi connectivity index (χ2v) is 6.29. The fourth-order valence-corrected chi connectivity index (χ4v) is 2.97. The number of carbonyl (C=O) groups is 3. The molecular weight excluding hydrogens is 379 g/mol. The number of aliphatic hydroxyl groups is 1. The van der Waals surface area contributed by atoms with E-state index in [-0.39, 0.29) is 27.2 Å². The van der Waals surface area contributed by atoms with Crippen LogP contribution in [0.4, 0.5) is 11.4 Å². The summed E-state index contributed by atoms with van der Waals surface area (Å²) in [5.41, 5.74) is 0.787. The van der Waals surface area contributed by atoms with Crippen molar-refractivity contribution in [1.82, 2.24) is 0 Å². The quantitative estimate of drug-likeness (QED) is 0.780. The Morgan fingerprint density at radius 1 is 1.04 bits per heavy atom. The van der Waals surface area contributed by atoms with Crippen molar-refractivity contribution in [3.8, 4) is 0 Å². The molecule has 2 aromatic rings. The van der Waals surface area contributed by atoms with Crippen LogP contribution in [0.25, 0.3) is 5.57 Å². The molecule has 0 atom stereocenters. The minimum absolute atomic E-state index is 0.0333. The van der Waals surface area contributed by atoms with E-state index < -0.39 is 17.6 Å². The second kappa shape index (κ2) is 6.82. The Bertz CT molecular complexity index is 968. The molecule has 26 heavy (non-hydrogen) atoms. The summed E-state index contributed by atoms with van der Waals surface area (Å²) in [7, 11) is 0. The van der Waals surface area contributed by atoms with Gasteiger partial charge < -0.3 is 10.4 Å². The predicted octanol–water partition coefficient (Wildman–Crippen LogP) is 3.79. The summed E-state index contributed by atoms with van der Waals surface area (Å²) in [6.07, 6.45) is 0. The number of hydrogen-bond acceptors (Lipinski definition) is 4. The van der Waals surface area contributed by atoms with Gasteiger partial charge in [-0.2, -0.15) is 0 Å². The summed E-state index contributed by atoms with van der Waals surface area (Å²) in [5, 5.41) is 13.0. The number of benzene rings is 2. The van der Waals surface area contributed by atoms with Crippen LogP contribution in [0.5, 0.6) is 0 Å². The molecule has 1 heterocycles. The molecule has 0 spiro atoms. The number of imide groups is 1. The molecule has 0 radical (unpaired) electrons. The Kier molecular flexibility index (Phi) is 4.71. The van der Waals surface area contributed by atoms with Gasteiger partial charge in [0, 0.05) is 12.6 Å². The Balaban J connectivity index is 1.99. The summed E-state index contributed by atoms with van der Waals surface area (Å²) in [4.78, 5) is 37.0. The van der Waals surface area contributed by atoms with Gasteiger partial charge in [0.05, 0.1) is 21.3 Å². The average molecular weight is 391 g/mol. The number of hydrogen-bond donors (Lipinski definition) is 2. The highest BCUT2D eigenvalue weighted by atomic mass is 35.5. The standard InChI is InChI=1S/C18H12Cl2N2O4/c1-9(23)21-11-7-5-10(6-8-11)14-16(24)18(26)22(17(14)25)13-4-2-3-12(19)15(13)20/h2-8,24H,1H3,(H,21,23). The summed E-state index contributed by atoms with van der Waals surface area (Å²) < 4.78 is 0. The lowest BCUT2D eigenvalue weighted by atomic mass is 10.1. The van der Waals surface area contributed by atoms with E-state index >= 15 is 0 Å². The number of halogens is 2. The first-order valence-corrected chi connectivity index (χ1v) is 8.21. The lowest BCUT2D eigenvalue weighted by Crippen LogP contribution is -2.31. The van der Waals surface area contributed by atoms with Gasteiger partial charge in [-0.1, -0.05) is 41.4 Å². The molecule has 3 rings (SSSR count).